The Balaban J connectivity index is 1.66. The summed E-state index contributed by atoms with van der Waals surface area (Å²) in [6.07, 6.45) is 1.52. The zero-order valence-corrected chi connectivity index (χ0v) is 16.9. The molecule has 2 N–H and O–H groups in total. The van der Waals surface area contributed by atoms with Crippen LogP contribution in [0.4, 0.5) is 5.69 Å². The number of nitrogens with one attached hydrogen (secondary N) is 2. The topological polar surface area (TPSA) is 78.5 Å². The van der Waals surface area contributed by atoms with Crippen LogP contribution in [0.25, 0.3) is 0 Å². The second kappa shape index (κ2) is 9.37. The third-order valence-corrected chi connectivity index (χ3v) is 4.85. The van der Waals surface area contributed by atoms with E-state index in [2.05, 4.69) is 10.6 Å². The summed E-state index contributed by atoms with van der Waals surface area (Å²) in [5, 5.41) is 5.71. The number of carbonyl (C=O) groups is 3. The van der Waals surface area contributed by atoms with Gasteiger partial charge in [-0.3, -0.25) is 14.4 Å². The molecule has 6 nitrogen and oxygen atoms in total. The molecule has 0 atom stereocenters. The van der Waals surface area contributed by atoms with Crippen LogP contribution in [-0.2, 0) is 11.3 Å². The smallest absolute Gasteiger partial charge is 0.255 e. The van der Waals surface area contributed by atoms with Crippen LogP contribution < -0.4 is 10.6 Å². The third-order valence-electron chi connectivity index (χ3n) is 4.85. The van der Waals surface area contributed by atoms with E-state index in [4.69, 9.17) is 0 Å². The Morgan fingerprint density at radius 1 is 1.03 bits per heavy atom. The van der Waals surface area contributed by atoms with E-state index in [0.29, 0.717) is 42.2 Å². The highest BCUT2D eigenvalue weighted by Gasteiger charge is 2.20. The van der Waals surface area contributed by atoms with Crippen LogP contribution in [0.1, 0.15) is 53.0 Å². The van der Waals surface area contributed by atoms with Crippen molar-refractivity contribution in [2.45, 2.75) is 33.2 Å². The summed E-state index contributed by atoms with van der Waals surface area (Å²) in [4.78, 5) is 38.7. The number of amides is 3. The van der Waals surface area contributed by atoms with Gasteiger partial charge in [0.15, 0.2) is 0 Å². The minimum Gasteiger partial charge on any atom is -0.352 e. The maximum absolute atomic E-state index is 12.7. The third kappa shape index (κ3) is 5.44. The molecule has 1 aliphatic rings. The second-order valence-corrected chi connectivity index (χ2v) is 7.72. The molecule has 3 rings (SSSR count). The molecule has 3 amide bonds. The average molecular weight is 393 g/mol. The molecule has 29 heavy (non-hydrogen) atoms. The fourth-order valence-corrected chi connectivity index (χ4v) is 3.23. The number of benzene rings is 2. The number of para-hydroxylation sites is 1. The molecule has 1 fully saturated rings. The predicted octanol–water partition coefficient (Wildman–Crippen LogP) is 3.45. The lowest BCUT2D eigenvalue weighted by molar-refractivity contribution is -0.128. The van der Waals surface area contributed by atoms with Gasteiger partial charge in [-0.15, -0.1) is 0 Å². The van der Waals surface area contributed by atoms with Gasteiger partial charge in [-0.1, -0.05) is 38.1 Å². The van der Waals surface area contributed by atoms with E-state index in [1.807, 2.05) is 30.9 Å². The molecular weight excluding hydrogens is 366 g/mol. The molecule has 2 aromatic carbocycles. The van der Waals surface area contributed by atoms with E-state index in [-0.39, 0.29) is 17.7 Å². The summed E-state index contributed by atoms with van der Waals surface area (Å²) in [7, 11) is 0. The van der Waals surface area contributed by atoms with Gasteiger partial charge in [0.25, 0.3) is 11.8 Å². The standard InChI is InChI=1S/C23H27N3O3/c1-16(2)14-24-23(29)19-6-3-4-7-20(19)25-22(28)18-11-9-17(10-12-18)15-26-13-5-8-21(26)27/h3-4,6-7,9-12,16H,5,8,13-15H2,1-2H3,(H,24,29)(H,25,28). The Bertz CT molecular complexity index is 890. The van der Waals surface area contributed by atoms with Crippen LogP contribution in [-0.4, -0.2) is 35.7 Å². The zero-order valence-electron chi connectivity index (χ0n) is 16.9. The van der Waals surface area contributed by atoms with E-state index in [1.165, 1.54) is 0 Å². The Labute approximate surface area is 171 Å². The van der Waals surface area contributed by atoms with Crippen LogP contribution in [0.3, 0.4) is 0 Å². The Morgan fingerprint density at radius 3 is 2.41 bits per heavy atom. The van der Waals surface area contributed by atoms with Crippen molar-refractivity contribution < 1.29 is 14.4 Å². The number of rotatable bonds is 7. The van der Waals surface area contributed by atoms with Gasteiger partial charge in [-0.25, -0.2) is 0 Å². The molecule has 0 unspecified atom stereocenters. The minimum atomic E-state index is -0.280. The van der Waals surface area contributed by atoms with Crippen molar-refractivity contribution in [2.24, 2.45) is 5.92 Å². The molecule has 6 heteroatoms. The van der Waals surface area contributed by atoms with Crippen LogP contribution >= 0.6 is 0 Å². The molecule has 0 spiro atoms. The normalized spacial score (nSPS) is 13.6. The first-order valence-electron chi connectivity index (χ1n) is 9.99. The minimum absolute atomic E-state index is 0.180. The lowest BCUT2D eigenvalue weighted by Crippen LogP contribution is -2.28. The average Bonchev–Trinajstić information content (AvgIpc) is 3.11. The Morgan fingerprint density at radius 2 is 1.76 bits per heavy atom. The molecular formula is C23H27N3O3. The number of anilines is 1. The molecule has 0 saturated carbocycles. The summed E-state index contributed by atoms with van der Waals surface area (Å²) < 4.78 is 0. The van der Waals surface area contributed by atoms with Gasteiger partial charge in [0.2, 0.25) is 5.91 Å². The van der Waals surface area contributed by atoms with E-state index in [9.17, 15) is 14.4 Å². The number of likely N-dealkylation sites (tertiary alicyclic amines) is 1. The van der Waals surface area contributed by atoms with E-state index in [0.717, 1.165) is 18.5 Å². The lowest BCUT2D eigenvalue weighted by Gasteiger charge is -2.16. The number of hydrogen-bond acceptors (Lipinski definition) is 3. The van der Waals surface area contributed by atoms with E-state index >= 15 is 0 Å². The molecule has 0 aliphatic carbocycles. The molecule has 0 aromatic heterocycles. The molecule has 152 valence electrons. The van der Waals surface area contributed by atoms with Gasteiger partial charge in [-0.05, 0) is 42.2 Å². The number of nitrogens with zero attached hydrogens (tertiary/aromatic N) is 1. The van der Waals surface area contributed by atoms with Gasteiger partial charge in [0.05, 0.1) is 11.3 Å². The number of hydrogen-bond donors (Lipinski definition) is 2. The highest BCUT2D eigenvalue weighted by Crippen LogP contribution is 2.18. The first-order chi connectivity index (χ1) is 13.9. The summed E-state index contributed by atoms with van der Waals surface area (Å²) in [6, 6.07) is 14.2. The maximum atomic E-state index is 12.7. The van der Waals surface area contributed by atoms with Gasteiger partial charge in [0, 0.05) is 31.6 Å². The van der Waals surface area contributed by atoms with Gasteiger partial charge in [-0.2, -0.15) is 0 Å². The largest absolute Gasteiger partial charge is 0.352 e. The van der Waals surface area contributed by atoms with Crippen LogP contribution in [0, 0.1) is 5.92 Å². The van der Waals surface area contributed by atoms with Gasteiger partial charge >= 0.3 is 0 Å². The quantitative estimate of drug-likeness (QED) is 0.756. The predicted molar refractivity (Wildman–Crippen MR) is 113 cm³/mol. The first kappa shape index (κ1) is 20.6. The van der Waals surface area contributed by atoms with Crippen molar-refractivity contribution in [3.63, 3.8) is 0 Å². The fourth-order valence-electron chi connectivity index (χ4n) is 3.23. The Hall–Kier alpha value is -3.15. The molecule has 1 aliphatic heterocycles. The van der Waals surface area contributed by atoms with Crippen molar-refractivity contribution in [2.75, 3.05) is 18.4 Å². The number of carbonyl (C=O) groups excluding carboxylic acids is 3. The van der Waals surface area contributed by atoms with E-state index < -0.39 is 0 Å². The Kier molecular flexibility index (Phi) is 6.65. The zero-order chi connectivity index (χ0) is 20.8. The van der Waals surface area contributed by atoms with Crippen molar-refractivity contribution in [3.8, 4) is 0 Å². The molecule has 0 radical (unpaired) electrons. The summed E-state index contributed by atoms with van der Waals surface area (Å²) in [6.45, 7) is 5.98. The van der Waals surface area contributed by atoms with Crippen molar-refractivity contribution in [1.29, 1.82) is 0 Å². The summed E-state index contributed by atoms with van der Waals surface area (Å²) >= 11 is 0. The van der Waals surface area contributed by atoms with Crippen LogP contribution in [0.15, 0.2) is 48.5 Å². The van der Waals surface area contributed by atoms with Crippen LogP contribution in [0.2, 0.25) is 0 Å². The second-order valence-electron chi connectivity index (χ2n) is 7.72. The molecule has 1 saturated heterocycles. The highest BCUT2D eigenvalue weighted by molar-refractivity contribution is 6.09. The fraction of sp³-hybridized carbons (Fsp3) is 0.348. The van der Waals surface area contributed by atoms with Crippen molar-refractivity contribution in [1.82, 2.24) is 10.2 Å². The SMILES string of the molecule is CC(C)CNC(=O)c1ccccc1NC(=O)c1ccc(CN2CCCC2=O)cc1. The van der Waals surface area contributed by atoms with Gasteiger partial charge in [0.1, 0.15) is 0 Å². The van der Waals surface area contributed by atoms with Crippen LogP contribution in [0.5, 0.6) is 0 Å². The maximum Gasteiger partial charge on any atom is 0.255 e. The highest BCUT2D eigenvalue weighted by atomic mass is 16.2. The summed E-state index contributed by atoms with van der Waals surface area (Å²) in [5.74, 6) is 0.0346. The van der Waals surface area contributed by atoms with Crippen molar-refractivity contribution in [3.05, 3.63) is 65.2 Å². The van der Waals surface area contributed by atoms with Gasteiger partial charge < -0.3 is 15.5 Å². The molecule has 2 aromatic rings. The van der Waals surface area contributed by atoms with E-state index in [1.54, 1.807) is 36.4 Å². The molecule has 1 heterocycles. The first-order valence-corrected chi connectivity index (χ1v) is 9.99. The molecule has 0 bridgehead atoms. The lowest BCUT2D eigenvalue weighted by atomic mass is 10.1. The monoisotopic (exact) mass is 393 g/mol. The summed E-state index contributed by atoms with van der Waals surface area (Å²) in [5.41, 5.74) is 2.40. The van der Waals surface area contributed by atoms with Crippen molar-refractivity contribution >= 4 is 23.4 Å².